The van der Waals surface area contributed by atoms with Crippen LogP contribution in [0.25, 0.3) is 44.7 Å². The topological polar surface area (TPSA) is 38.7 Å². The standard InChI is InChI=1S/C81H72N6/c1-8-13-30-63(29-9-2)62(10-3)42-49-68(11-4)84(60-28-39-69(12-5)86(72-35-22-16-23-36-72)73-37-24-17-25-38-73)70-50-45-66(46-51-70)80-81(83-79-41-27-26-40-78(79)82-80)67-47-54-76(55-48-67)87(75-52-43-65(44-53-75)64-31-18-14-19-32-64)77-58-56-74(57-59-77)85(61(6)7)71-33-20-15-21-34-71/h8-9,11-60H,4-6,10H2,1-3,7H3/b13-8-,29-9-,60-28+,62-42+,63-30+,68-49+,69-39+. The van der Waals surface area contributed by atoms with Crippen molar-refractivity contribution in [2.45, 2.75) is 34.1 Å². The van der Waals surface area contributed by atoms with Crippen LogP contribution in [0.2, 0.25) is 0 Å². The van der Waals surface area contributed by atoms with Crippen molar-refractivity contribution in [2.24, 2.45) is 0 Å². The molecule has 0 atom stereocenters. The lowest BCUT2D eigenvalue weighted by molar-refractivity contribution is 1.12. The second kappa shape index (κ2) is 28.9. The number of fused-ring (bicyclic) bond motifs is 1. The Kier molecular flexibility index (Phi) is 19.7. The first-order valence-electron chi connectivity index (χ1n) is 29.5. The molecule has 0 N–H and O–H groups in total. The number of rotatable bonds is 23. The van der Waals surface area contributed by atoms with Crippen LogP contribution in [0.1, 0.15) is 34.1 Å². The van der Waals surface area contributed by atoms with E-state index in [0.29, 0.717) is 0 Å². The van der Waals surface area contributed by atoms with Crippen molar-refractivity contribution >= 4 is 56.5 Å². The molecule has 10 aromatic rings. The third-order valence-electron chi connectivity index (χ3n) is 14.9. The van der Waals surface area contributed by atoms with Gasteiger partial charge in [0.25, 0.3) is 0 Å². The average Bonchev–Trinajstić information content (AvgIpc) is 3.50. The van der Waals surface area contributed by atoms with Crippen LogP contribution >= 0.6 is 0 Å². The van der Waals surface area contributed by atoms with Gasteiger partial charge in [-0.3, -0.25) is 0 Å². The molecule has 1 heterocycles. The highest BCUT2D eigenvalue weighted by Crippen LogP contribution is 2.41. The van der Waals surface area contributed by atoms with Gasteiger partial charge in [-0.05, 0) is 189 Å². The van der Waals surface area contributed by atoms with Gasteiger partial charge < -0.3 is 19.6 Å². The fourth-order valence-corrected chi connectivity index (χ4v) is 10.6. The first kappa shape index (κ1) is 59.1. The maximum absolute atomic E-state index is 5.36. The van der Waals surface area contributed by atoms with E-state index in [-0.39, 0.29) is 0 Å². The molecule has 0 saturated carbocycles. The van der Waals surface area contributed by atoms with Crippen LogP contribution in [0, 0.1) is 0 Å². The fourth-order valence-electron chi connectivity index (χ4n) is 10.6. The smallest absolute Gasteiger partial charge is 0.0973 e. The fraction of sp³-hybridized carbons (Fsp3) is 0.0617. The molecular formula is C81H72N6. The third kappa shape index (κ3) is 14.1. The Morgan fingerprint density at radius 1 is 0.402 bits per heavy atom. The molecule has 0 saturated heterocycles. The first-order valence-corrected chi connectivity index (χ1v) is 29.5. The number of allylic oxidation sites excluding steroid dienone is 14. The van der Waals surface area contributed by atoms with Crippen LogP contribution in [-0.2, 0) is 0 Å². The van der Waals surface area contributed by atoms with Crippen molar-refractivity contribution < 1.29 is 0 Å². The van der Waals surface area contributed by atoms with E-state index < -0.39 is 0 Å². The molecule has 9 aromatic carbocycles. The molecule has 0 spiro atoms. The van der Waals surface area contributed by atoms with Gasteiger partial charge >= 0.3 is 0 Å². The maximum atomic E-state index is 5.36. The molecule has 0 aliphatic rings. The summed E-state index contributed by atoms with van der Waals surface area (Å²) in [6.45, 7) is 21.3. The minimum Gasteiger partial charge on any atom is -0.317 e. The monoisotopic (exact) mass is 1130 g/mol. The molecule has 0 fully saturated rings. The van der Waals surface area contributed by atoms with Gasteiger partial charge in [-0.1, -0.05) is 197 Å². The van der Waals surface area contributed by atoms with Crippen LogP contribution in [0.5, 0.6) is 0 Å². The Morgan fingerprint density at radius 2 is 0.816 bits per heavy atom. The van der Waals surface area contributed by atoms with E-state index in [0.717, 1.165) is 114 Å². The van der Waals surface area contributed by atoms with E-state index in [9.17, 15) is 0 Å². The van der Waals surface area contributed by atoms with Crippen molar-refractivity contribution in [3.63, 3.8) is 0 Å². The molecule has 0 amide bonds. The summed E-state index contributed by atoms with van der Waals surface area (Å²) >= 11 is 0. The van der Waals surface area contributed by atoms with Crippen molar-refractivity contribution in [1.29, 1.82) is 0 Å². The molecule has 6 nitrogen and oxygen atoms in total. The molecule has 0 radical (unpaired) electrons. The zero-order valence-corrected chi connectivity index (χ0v) is 50.0. The molecule has 0 bridgehead atoms. The summed E-state index contributed by atoms with van der Waals surface area (Å²) in [7, 11) is 0. The second-order valence-corrected chi connectivity index (χ2v) is 20.7. The van der Waals surface area contributed by atoms with Gasteiger partial charge in [-0.2, -0.15) is 0 Å². The zero-order valence-electron chi connectivity index (χ0n) is 50.0. The molecule has 1 aromatic heterocycles. The number of aromatic nitrogens is 2. The molecular weight excluding hydrogens is 1060 g/mol. The second-order valence-electron chi connectivity index (χ2n) is 20.7. The lowest BCUT2D eigenvalue weighted by atomic mass is 10.0. The first-order chi connectivity index (χ1) is 42.8. The van der Waals surface area contributed by atoms with Gasteiger partial charge in [-0.25, -0.2) is 9.97 Å². The van der Waals surface area contributed by atoms with E-state index in [1.807, 2.05) is 74.5 Å². The predicted molar refractivity (Wildman–Crippen MR) is 373 cm³/mol. The Hall–Kier alpha value is -11.1. The summed E-state index contributed by atoms with van der Waals surface area (Å²) < 4.78 is 0. The predicted octanol–water partition coefficient (Wildman–Crippen LogP) is 22.5. The van der Waals surface area contributed by atoms with Crippen molar-refractivity contribution in [3.8, 4) is 33.6 Å². The minimum atomic E-state index is 0.777. The van der Waals surface area contributed by atoms with Crippen molar-refractivity contribution in [3.05, 3.63) is 364 Å². The van der Waals surface area contributed by atoms with E-state index in [4.69, 9.17) is 9.97 Å². The summed E-state index contributed by atoms with van der Waals surface area (Å²) in [5, 5.41) is 0. The largest absolute Gasteiger partial charge is 0.317 e. The van der Waals surface area contributed by atoms with E-state index >= 15 is 0 Å². The SMILES string of the molecule is C=C\C(=C/C=C(CC)/C(/C=C\C)=C/C=C\C)N(/C=C/C=C(\C=C)N(c1ccccc1)c1ccccc1)c1ccc(-c2nc3ccccc3nc2-c2ccc(N(c3ccc(-c4ccccc4)cc3)c3ccc(N(C(=C)C)c4ccccc4)cc3)cc2)cc1. The minimum absolute atomic E-state index is 0.777. The van der Waals surface area contributed by atoms with Crippen LogP contribution < -0.4 is 19.6 Å². The molecule has 426 valence electrons. The Balaban J connectivity index is 1.04. The molecule has 0 aliphatic heterocycles. The molecule has 0 unspecified atom stereocenters. The van der Waals surface area contributed by atoms with Gasteiger partial charge in [0.15, 0.2) is 0 Å². The quantitative estimate of drug-likeness (QED) is 0.0595. The van der Waals surface area contributed by atoms with Gasteiger partial charge in [0, 0.05) is 79.9 Å². The lowest BCUT2D eigenvalue weighted by Gasteiger charge is -2.28. The highest BCUT2D eigenvalue weighted by Gasteiger charge is 2.20. The van der Waals surface area contributed by atoms with E-state index in [1.54, 1.807) is 0 Å². The van der Waals surface area contributed by atoms with E-state index in [1.165, 1.54) is 11.1 Å². The van der Waals surface area contributed by atoms with E-state index in [2.05, 4.69) is 308 Å². The maximum Gasteiger partial charge on any atom is 0.0973 e. The highest BCUT2D eigenvalue weighted by atomic mass is 15.2. The summed E-state index contributed by atoms with van der Waals surface area (Å²) in [6.07, 6.45) is 25.8. The zero-order chi connectivity index (χ0) is 60.3. The summed E-state index contributed by atoms with van der Waals surface area (Å²) in [6, 6.07) is 84.3. The van der Waals surface area contributed by atoms with Crippen LogP contribution in [0.15, 0.2) is 364 Å². The van der Waals surface area contributed by atoms with Crippen molar-refractivity contribution in [2.75, 3.05) is 19.6 Å². The van der Waals surface area contributed by atoms with Gasteiger partial charge in [-0.15, -0.1) is 0 Å². The average molecular weight is 1130 g/mol. The third-order valence-corrected chi connectivity index (χ3v) is 14.9. The normalized spacial score (nSPS) is 12.2. The molecule has 10 rings (SSSR count). The number of benzene rings is 9. The van der Waals surface area contributed by atoms with Crippen LogP contribution in [0.4, 0.5) is 45.5 Å². The van der Waals surface area contributed by atoms with Crippen LogP contribution in [0.3, 0.4) is 0 Å². The Morgan fingerprint density at radius 3 is 1.28 bits per heavy atom. The molecule has 87 heavy (non-hydrogen) atoms. The number of nitrogens with zero attached hydrogens (tertiary/aromatic N) is 6. The Bertz CT molecular complexity index is 4130. The molecule has 6 heteroatoms. The number of hydrogen-bond acceptors (Lipinski definition) is 6. The number of hydrogen-bond donors (Lipinski definition) is 0. The number of para-hydroxylation sites is 5. The van der Waals surface area contributed by atoms with Gasteiger partial charge in [0.1, 0.15) is 0 Å². The summed E-state index contributed by atoms with van der Waals surface area (Å²) in [5.41, 5.74) is 20.5. The summed E-state index contributed by atoms with van der Waals surface area (Å²) in [5.74, 6) is 0. The van der Waals surface area contributed by atoms with Crippen LogP contribution in [-0.4, -0.2) is 9.97 Å². The Labute approximate surface area is 514 Å². The summed E-state index contributed by atoms with van der Waals surface area (Å²) in [4.78, 5) is 19.6. The van der Waals surface area contributed by atoms with Gasteiger partial charge in [0.2, 0.25) is 0 Å². The number of anilines is 8. The van der Waals surface area contributed by atoms with Gasteiger partial charge in [0.05, 0.1) is 22.4 Å². The van der Waals surface area contributed by atoms with Crippen molar-refractivity contribution in [1.82, 2.24) is 9.97 Å². The lowest BCUT2D eigenvalue weighted by Crippen LogP contribution is -2.15. The molecule has 0 aliphatic carbocycles. The highest BCUT2D eigenvalue weighted by molar-refractivity contribution is 5.88.